The minimum Gasteiger partial charge on any atom is -0.371 e. The van der Waals surface area contributed by atoms with Gasteiger partial charge in [-0.05, 0) is 30.5 Å². The molecule has 4 aromatic rings. The Morgan fingerprint density at radius 3 is 2.62 bits per heavy atom. The molecular weight excluding hydrogens is 534 g/mol. The van der Waals surface area contributed by atoms with Gasteiger partial charge in [-0.1, -0.05) is 61.9 Å². The van der Waals surface area contributed by atoms with Crippen LogP contribution in [0.3, 0.4) is 0 Å². The fourth-order valence-corrected chi connectivity index (χ4v) is 5.34. The first kappa shape index (κ1) is 28.0. The lowest BCUT2D eigenvalue weighted by atomic mass is 10.1. The van der Waals surface area contributed by atoms with Crippen LogP contribution in [0.25, 0.3) is 11.2 Å². The van der Waals surface area contributed by atoms with E-state index < -0.39 is 28.6 Å². The summed E-state index contributed by atoms with van der Waals surface area (Å²) in [6.07, 6.45) is 0.0850. The number of anilines is 1. The molecule has 2 N–H and O–H groups in total. The summed E-state index contributed by atoms with van der Waals surface area (Å²) in [5, 5.41) is 3.14. The lowest BCUT2D eigenvalue weighted by molar-refractivity contribution is -0.0588. The highest BCUT2D eigenvalue weighted by Crippen LogP contribution is 2.33. The maximum atomic E-state index is 12.9. The highest BCUT2D eigenvalue weighted by atomic mass is 32.2. The number of aromatic nitrogens is 4. The molecular formula is C28H33N5O6S. The molecule has 212 valence electrons. The SMILES string of the molecule is Cc1ccc(S(=O)(=O)OC[C@H]2O[C@@H](n3cnc4c(=O)[nH]c(NCC(C)C)nc43)C[C@@H]2OCc2ccccc2)cc1. The quantitative estimate of drug-likeness (QED) is 0.259. The molecule has 3 heterocycles. The summed E-state index contributed by atoms with van der Waals surface area (Å²) < 4.78 is 45.3. The largest absolute Gasteiger partial charge is 0.371 e. The van der Waals surface area contributed by atoms with Crippen LogP contribution in [0.5, 0.6) is 0 Å². The topological polar surface area (TPSA) is 137 Å². The van der Waals surface area contributed by atoms with Gasteiger partial charge in [-0.15, -0.1) is 0 Å². The van der Waals surface area contributed by atoms with Crippen molar-refractivity contribution in [2.45, 2.75) is 57.1 Å². The molecule has 0 amide bonds. The highest BCUT2D eigenvalue weighted by molar-refractivity contribution is 7.86. The minimum absolute atomic E-state index is 0.0693. The van der Waals surface area contributed by atoms with Gasteiger partial charge in [-0.2, -0.15) is 13.4 Å². The van der Waals surface area contributed by atoms with Gasteiger partial charge in [0.05, 0.1) is 30.5 Å². The summed E-state index contributed by atoms with van der Waals surface area (Å²) in [5.41, 5.74) is 2.09. The fourth-order valence-electron chi connectivity index (χ4n) is 4.43. The van der Waals surface area contributed by atoms with E-state index in [4.69, 9.17) is 13.7 Å². The Morgan fingerprint density at radius 1 is 1.15 bits per heavy atom. The van der Waals surface area contributed by atoms with E-state index in [9.17, 15) is 13.2 Å². The first-order valence-corrected chi connectivity index (χ1v) is 14.6. The second-order valence-electron chi connectivity index (χ2n) is 10.3. The Morgan fingerprint density at radius 2 is 1.90 bits per heavy atom. The summed E-state index contributed by atoms with van der Waals surface area (Å²) in [6.45, 7) is 6.69. The predicted octanol–water partition coefficient (Wildman–Crippen LogP) is 3.77. The number of nitrogens with zero attached hydrogens (tertiary/aromatic N) is 3. The van der Waals surface area contributed by atoms with Gasteiger partial charge in [0.2, 0.25) is 5.95 Å². The van der Waals surface area contributed by atoms with Gasteiger partial charge in [-0.3, -0.25) is 18.5 Å². The second-order valence-corrected chi connectivity index (χ2v) is 11.9. The van der Waals surface area contributed by atoms with E-state index >= 15 is 0 Å². The number of hydrogen-bond acceptors (Lipinski definition) is 9. The zero-order valence-corrected chi connectivity index (χ0v) is 23.4. The van der Waals surface area contributed by atoms with Gasteiger partial charge < -0.3 is 14.8 Å². The number of nitrogens with one attached hydrogen (secondary N) is 2. The molecule has 1 saturated heterocycles. The molecule has 1 aliphatic rings. The Balaban J connectivity index is 1.38. The molecule has 11 nitrogen and oxygen atoms in total. The van der Waals surface area contributed by atoms with Crippen LogP contribution in [0.4, 0.5) is 5.95 Å². The molecule has 0 saturated carbocycles. The van der Waals surface area contributed by atoms with E-state index in [1.807, 2.05) is 37.3 Å². The summed E-state index contributed by atoms with van der Waals surface area (Å²) >= 11 is 0. The molecule has 1 aliphatic heterocycles. The predicted molar refractivity (Wildman–Crippen MR) is 149 cm³/mol. The number of aryl methyl sites for hydroxylation is 1. The van der Waals surface area contributed by atoms with Crippen molar-refractivity contribution in [2.75, 3.05) is 18.5 Å². The van der Waals surface area contributed by atoms with Crippen molar-refractivity contribution >= 4 is 27.2 Å². The van der Waals surface area contributed by atoms with Crippen molar-refractivity contribution in [3.8, 4) is 0 Å². The lowest BCUT2D eigenvalue weighted by Gasteiger charge is -2.19. The van der Waals surface area contributed by atoms with Gasteiger partial charge >= 0.3 is 0 Å². The van der Waals surface area contributed by atoms with Gasteiger partial charge in [0.1, 0.15) is 12.3 Å². The van der Waals surface area contributed by atoms with Gasteiger partial charge in [0.15, 0.2) is 11.2 Å². The van der Waals surface area contributed by atoms with E-state index in [2.05, 4.69) is 34.1 Å². The third-order valence-electron chi connectivity index (χ3n) is 6.60. The molecule has 12 heteroatoms. The van der Waals surface area contributed by atoms with Crippen molar-refractivity contribution in [1.82, 2.24) is 19.5 Å². The molecule has 0 spiro atoms. The first-order chi connectivity index (χ1) is 19.2. The van der Waals surface area contributed by atoms with Crippen molar-refractivity contribution in [1.29, 1.82) is 0 Å². The molecule has 0 unspecified atom stereocenters. The van der Waals surface area contributed by atoms with Gasteiger partial charge in [-0.25, -0.2) is 4.98 Å². The molecule has 2 aromatic heterocycles. The number of fused-ring (bicyclic) bond motifs is 1. The number of H-pyrrole nitrogens is 1. The summed E-state index contributed by atoms with van der Waals surface area (Å²) in [5.74, 6) is 0.690. The Labute approximate surface area is 232 Å². The summed E-state index contributed by atoms with van der Waals surface area (Å²) in [4.78, 5) is 24.3. The second kappa shape index (κ2) is 11.9. The highest BCUT2D eigenvalue weighted by Gasteiger charge is 2.39. The van der Waals surface area contributed by atoms with E-state index in [0.29, 0.717) is 37.1 Å². The van der Waals surface area contributed by atoms with E-state index in [-0.39, 0.29) is 22.6 Å². The molecule has 2 aromatic carbocycles. The third kappa shape index (κ3) is 6.41. The molecule has 5 rings (SSSR count). The molecule has 1 fully saturated rings. The number of rotatable bonds is 11. The number of aromatic amines is 1. The maximum Gasteiger partial charge on any atom is 0.297 e. The van der Waals surface area contributed by atoms with Crippen LogP contribution in [-0.4, -0.2) is 53.3 Å². The maximum absolute atomic E-state index is 12.9. The molecule has 40 heavy (non-hydrogen) atoms. The summed E-state index contributed by atoms with van der Waals surface area (Å²) in [7, 11) is -4.01. The normalized spacial score (nSPS) is 19.4. The van der Waals surface area contributed by atoms with Crippen molar-refractivity contribution in [3.05, 3.63) is 82.4 Å². The minimum atomic E-state index is -4.01. The van der Waals surface area contributed by atoms with Gasteiger partial charge in [0, 0.05) is 13.0 Å². The third-order valence-corrected chi connectivity index (χ3v) is 7.90. The van der Waals surface area contributed by atoms with Gasteiger partial charge in [0.25, 0.3) is 15.7 Å². The molecule has 0 aliphatic carbocycles. The van der Waals surface area contributed by atoms with Crippen LogP contribution < -0.4 is 10.9 Å². The van der Waals surface area contributed by atoms with Crippen molar-refractivity contribution in [2.24, 2.45) is 5.92 Å². The molecule has 3 atom stereocenters. The lowest BCUT2D eigenvalue weighted by Crippen LogP contribution is -2.30. The van der Waals surface area contributed by atoms with Crippen LogP contribution in [0.15, 0.2) is 70.6 Å². The van der Waals surface area contributed by atoms with E-state index in [1.165, 1.54) is 18.5 Å². The molecule has 0 bridgehead atoms. The molecule has 0 radical (unpaired) electrons. The monoisotopic (exact) mass is 567 g/mol. The standard InChI is InChI=1S/C28H33N5O6S/c1-18(2)14-29-28-31-26-25(27(34)32-28)30-17-33(26)24-13-22(37-15-20-7-5-4-6-8-20)23(39-24)16-38-40(35,36)21-11-9-19(3)10-12-21/h4-12,17-18,22-24H,13-16H2,1-3H3,(H2,29,31,32,34)/t22-,23+,24+/m0/s1. The number of benzene rings is 2. The Kier molecular flexibility index (Phi) is 8.31. The van der Waals surface area contributed by atoms with Crippen LogP contribution >= 0.6 is 0 Å². The van der Waals surface area contributed by atoms with Crippen LogP contribution in [0.2, 0.25) is 0 Å². The van der Waals surface area contributed by atoms with E-state index in [0.717, 1.165) is 11.1 Å². The summed E-state index contributed by atoms with van der Waals surface area (Å²) in [6, 6.07) is 16.1. The zero-order valence-electron chi connectivity index (χ0n) is 22.6. The van der Waals surface area contributed by atoms with Crippen LogP contribution in [0.1, 0.15) is 37.6 Å². The number of hydrogen-bond donors (Lipinski definition) is 2. The average molecular weight is 568 g/mol. The van der Waals surface area contributed by atoms with Crippen LogP contribution in [-0.2, 0) is 30.4 Å². The fraction of sp³-hybridized carbons (Fsp3) is 0.393. The number of imidazole rings is 1. The number of ether oxygens (including phenoxy) is 2. The Bertz CT molecular complexity index is 1600. The Hall–Kier alpha value is -3.58. The van der Waals surface area contributed by atoms with E-state index in [1.54, 1.807) is 16.7 Å². The average Bonchev–Trinajstić information content (AvgIpc) is 3.55. The smallest absolute Gasteiger partial charge is 0.297 e. The zero-order chi connectivity index (χ0) is 28.3. The van der Waals surface area contributed by atoms with Crippen molar-refractivity contribution in [3.63, 3.8) is 0 Å². The van der Waals surface area contributed by atoms with Crippen molar-refractivity contribution < 1.29 is 22.1 Å². The first-order valence-electron chi connectivity index (χ1n) is 13.2. The van der Waals surface area contributed by atoms with Crippen LogP contribution in [0, 0.1) is 12.8 Å².